The van der Waals surface area contributed by atoms with Gasteiger partial charge < -0.3 is 4.74 Å². The van der Waals surface area contributed by atoms with E-state index >= 15 is 0 Å². The van der Waals surface area contributed by atoms with Crippen LogP contribution in [-0.4, -0.2) is 13.3 Å². The molecule has 6 heteroatoms. The van der Waals surface area contributed by atoms with Gasteiger partial charge in [0.15, 0.2) is 5.38 Å². The Balaban J connectivity index is 3.27. The fourth-order valence-corrected chi connectivity index (χ4v) is 1.75. The lowest BCUT2D eigenvalue weighted by molar-refractivity contribution is -0.132. The van der Waals surface area contributed by atoms with E-state index in [9.17, 15) is 13.2 Å². The number of rotatable bonds is 2. The van der Waals surface area contributed by atoms with Gasteiger partial charge in [0.25, 0.3) is 0 Å². The van der Waals surface area contributed by atoms with Gasteiger partial charge in [-0.15, -0.1) is 11.6 Å². The average molecular weight is 318 g/mol. The molecule has 0 aliphatic rings. The number of benzene rings is 1. The van der Waals surface area contributed by atoms with Crippen LogP contribution in [0.15, 0.2) is 16.6 Å². The summed E-state index contributed by atoms with van der Waals surface area (Å²) in [5.74, 6) is 0.137. The molecule has 0 aromatic heterocycles. The van der Waals surface area contributed by atoms with Gasteiger partial charge in [-0.2, -0.15) is 13.2 Å². The highest BCUT2D eigenvalue weighted by molar-refractivity contribution is 9.10. The van der Waals surface area contributed by atoms with Crippen molar-refractivity contribution in [1.82, 2.24) is 0 Å². The number of halogens is 5. The number of aryl methyl sites for hydroxylation is 1. The van der Waals surface area contributed by atoms with Crippen LogP contribution in [0.1, 0.15) is 16.5 Å². The first-order valence-electron chi connectivity index (χ1n) is 4.32. The van der Waals surface area contributed by atoms with Gasteiger partial charge in [-0.1, -0.05) is 15.9 Å². The summed E-state index contributed by atoms with van der Waals surface area (Å²) in [6.45, 7) is 1.76. The molecule has 1 rings (SSSR count). The molecule has 1 unspecified atom stereocenters. The molecule has 1 atom stereocenters. The number of hydrogen-bond donors (Lipinski definition) is 0. The molecule has 0 saturated carbocycles. The Morgan fingerprint density at radius 3 is 2.38 bits per heavy atom. The van der Waals surface area contributed by atoms with Crippen molar-refractivity contribution in [3.05, 3.63) is 27.7 Å². The summed E-state index contributed by atoms with van der Waals surface area (Å²) < 4.78 is 42.9. The highest BCUT2D eigenvalue weighted by atomic mass is 79.9. The molecule has 90 valence electrons. The van der Waals surface area contributed by atoms with Crippen LogP contribution in [0.2, 0.25) is 0 Å². The number of methoxy groups -OCH3 is 1. The predicted octanol–water partition coefficient (Wildman–Crippen LogP) is 4.61. The summed E-state index contributed by atoms with van der Waals surface area (Å²) in [5, 5.41) is -2.07. The molecule has 0 bridgehead atoms. The first-order chi connectivity index (χ1) is 7.27. The molecule has 0 N–H and O–H groups in total. The molecule has 0 aliphatic carbocycles. The van der Waals surface area contributed by atoms with E-state index in [0.717, 1.165) is 5.56 Å². The van der Waals surface area contributed by atoms with Crippen LogP contribution >= 0.6 is 27.5 Å². The van der Waals surface area contributed by atoms with E-state index in [1.807, 2.05) is 0 Å². The average Bonchev–Trinajstić information content (AvgIpc) is 2.19. The van der Waals surface area contributed by atoms with Crippen molar-refractivity contribution in [2.24, 2.45) is 0 Å². The highest BCUT2D eigenvalue weighted by Gasteiger charge is 2.41. The molecule has 0 aliphatic heterocycles. The van der Waals surface area contributed by atoms with Gasteiger partial charge in [0, 0.05) is 10.0 Å². The van der Waals surface area contributed by atoms with Gasteiger partial charge in [0.1, 0.15) is 5.75 Å². The molecule has 1 aromatic rings. The van der Waals surface area contributed by atoms with Crippen molar-refractivity contribution in [2.45, 2.75) is 18.5 Å². The van der Waals surface area contributed by atoms with Crippen molar-refractivity contribution in [2.75, 3.05) is 7.11 Å². The summed E-state index contributed by atoms with van der Waals surface area (Å²) in [6, 6.07) is 2.85. The first kappa shape index (κ1) is 13.6. The lowest BCUT2D eigenvalue weighted by Gasteiger charge is -2.18. The standard InChI is InChI=1S/C10H9BrClF3O/c1-5-3-8(16-2)6(4-7(5)11)9(12)10(13,14)15/h3-4,9H,1-2H3. The van der Waals surface area contributed by atoms with E-state index in [1.54, 1.807) is 6.92 Å². The Morgan fingerprint density at radius 1 is 1.38 bits per heavy atom. The number of alkyl halides is 4. The molecular formula is C10H9BrClF3O. The van der Waals surface area contributed by atoms with Crippen molar-refractivity contribution in [3.8, 4) is 5.75 Å². The van der Waals surface area contributed by atoms with Gasteiger partial charge in [-0.25, -0.2) is 0 Å². The number of hydrogen-bond acceptors (Lipinski definition) is 1. The van der Waals surface area contributed by atoms with E-state index in [-0.39, 0.29) is 11.3 Å². The lowest BCUT2D eigenvalue weighted by atomic mass is 10.1. The smallest absolute Gasteiger partial charge is 0.409 e. The molecule has 0 saturated heterocycles. The predicted molar refractivity (Wildman–Crippen MR) is 60.1 cm³/mol. The summed E-state index contributed by atoms with van der Waals surface area (Å²) in [5.41, 5.74) is 0.695. The largest absolute Gasteiger partial charge is 0.496 e. The third-order valence-electron chi connectivity index (χ3n) is 2.07. The Morgan fingerprint density at radius 2 is 1.94 bits per heavy atom. The van der Waals surface area contributed by atoms with Crippen LogP contribution in [0.25, 0.3) is 0 Å². The van der Waals surface area contributed by atoms with E-state index in [0.29, 0.717) is 4.47 Å². The highest BCUT2D eigenvalue weighted by Crippen LogP contribution is 2.43. The van der Waals surface area contributed by atoms with Crippen molar-refractivity contribution >= 4 is 27.5 Å². The van der Waals surface area contributed by atoms with Crippen molar-refractivity contribution < 1.29 is 17.9 Å². The Hall–Kier alpha value is -0.420. The van der Waals surface area contributed by atoms with Gasteiger partial charge >= 0.3 is 6.18 Å². The van der Waals surface area contributed by atoms with Crippen LogP contribution in [0.4, 0.5) is 13.2 Å². The Labute approximate surface area is 105 Å². The molecule has 0 spiro atoms. The lowest BCUT2D eigenvalue weighted by Crippen LogP contribution is -2.16. The first-order valence-corrected chi connectivity index (χ1v) is 5.55. The second-order valence-corrected chi connectivity index (χ2v) is 4.54. The molecule has 1 aromatic carbocycles. The second-order valence-electron chi connectivity index (χ2n) is 3.25. The molecule has 0 radical (unpaired) electrons. The van der Waals surface area contributed by atoms with Crippen LogP contribution in [0.3, 0.4) is 0 Å². The third kappa shape index (κ3) is 2.83. The molecular weight excluding hydrogens is 308 g/mol. The van der Waals surface area contributed by atoms with Crippen LogP contribution in [0.5, 0.6) is 5.75 Å². The number of ether oxygens (including phenoxy) is 1. The summed E-state index contributed by atoms with van der Waals surface area (Å²) in [7, 11) is 1.31. The maximum Gasteiger partial charge on any atom is 0.409 e. The second kappa shape index (κ2) is 4.84. The summed E-state index contributed by atoms with van der Waals surface area (Å²) in [4.78, 5) is 0. The van der Waals surface area contributed by atoms with Gasteiger partial charge in [-0.3, -0.25) is 0 Å². The van der Waals surface area contributed by atoms with Crippen LogP contribution in [0, 0.1) is 6.92 Å². The maximum atomic E-state index is 12.5. The summed E-state index contributed by atoms with van der Waals surface area (Å²) in [6.07, 6.45) is -4.50. The minimum atomic E-state index is -4.50. The Bertz CT molecular complexity index is 392. The zero-order valence-corrected chi connectivity index (χ0v) is 10.9. The molecule has 1 nitrogen and oxygen atoms in total. The fraction of sp³-hybridized carbons (Fsp3) is 0.400. The molecule has 16 heavy (non-hydrogen) atoms. The van der Waals surface area contributed by atoms with Gasteiger partial charge in [-0.05, 0) is 24.6 Å². The quantitative estimate of drug-likeness (QED) is 0.724. The zero-order chi connectivity index (χ0) is 12.5. The van der Waals surface area contributed by atoms with Gasteiger partial charge in [0.05, 0.1) is 7.11 Å². The molecule has 0 fully saturated rings. The maximum absolute atomic E-state index is 12.5. The monoisotopic (exact) mass is 316 g/mol. The SMILES string of the molecule is COc1cc(C)c(Br)cc1C(Cl)C(F)(F)F. The van der Waals surface area contributed by atoms with Crippen LogP contribution < -0.4 is 4.74 Å². The van der Waals surface area contributed by atoms with E-state index < -0.39 is 11.6 Å². The minimum Gasteiger partial charge on any atom is -0.496 e. The van der Waals surface area contributed by atoms with Crippen LogP contribution in [-0.2, 0) is 0 Å². The molecule has 0 heterocycles. The van der Waals surface area contributed by atoms with Crippen molar-refractivity contribution in [3.63, 3.8) is 0 Å². The van der Waals surface area contributed by atoms with Crippen molar-refractivity contribution in [1.29, 1.82) is 0 Å². The van der Waals surface area contributed by atoms with E-state index in [2.05, 4.69) is 15.9 Å². The fourth-order valence-electron chi connectivity index (χ4n) is 1.22. The summed E-state index contributed by atoms with van der Waals surface area (Å²) >= 11 is 8.53. The van der Waals surface area contributed by atoms with Gasteiger partial charge in [0.2, 0.25) is 0 Å². The Kier molecular flexibility index (Phi) is 4.12. The topological polar surface area (TPSA) is 9.23 Å². The van der Waals surface area contributed by atoms with E-state index in [4.69, 9.17) is 16.3 Å². The minimum absolute atomic E-state index is 0.0888. The zero-order valence-electron chi connectivity index (χ0n) is 8.53. The molecule has 0 amide bonds. The normalized spacial score (nSPS) is 13.7. The van der Waals surface area contributed by atoms with E-state index in [1.165, 1.54) is 19.2 Å². The third-order valence-corrected chi connectivity index (χ3v) is 3.41.